The third kappa shape index (κ3) is 4.33. The lowest BCUT2D eigenvalue weighted by molar-refractivity contribution is 0.0600. The molecule has 0 aliphatic rings. The molecule has 2 aromatic carbocycles. The van der Waals surface area contributed by atoms with Crippen LogP contribution in [0.3, 0.4) is 0 Å². The highest BCUT2D eigenvalue weighted by Gasteiger charge is 2.22. The average molecular weight is 379 g/mol. The first-order valence-electron chi connectivity index (χ1n) is 7.75. The molecule has 0 spiro atoms. The van der Waals surface area contributed by atoms with Gasteiger partial charge in [0.25, 0.3) is 0 Å². The summed E-state index contributed by atoms with van der Waals surface area (Å²) >= 11 is 0. The summed E-state index contributed by atoms with van der Waals surface area (Å²) < 4.78 is 43.1. The van der Waals surface area contributed by atoms with E-state index >= 15 is 0 Å². The largest absolute Gasteiger partial charge is 0.497 e. The lowest BCUT2D eigenvalue weighted by atomic mass is 10.1. The number of carbonyl (C=O) groups excluding carboxylic acids is 1. The summed E-state index contributed by atoms with van der Waals surface area (Å²) in [6, 6.07) is 10.2. The topological polar surface area (TPSA) is 90.9 Å². The number of ether oxygens (including phenoxy) is 3. The fraction of sp³-hybridized carbons (Fsp3) is 0.278. The van der Waals surface area contributed by atoms with Gasteiger partial charge < -0.3 is 14.2 Å². The van der Waals surface area contributed by atoms with Gasteiger partial charge in [-0.25, -0.2) is 17.9 Å². The second-order valence-electron chi connectivity index (χ2n) is 5.47. The van der Waals surface area contributed by atoms with Gasteiger partial charge in [-0.2, -0.15) is 0 Å². The van der Waals surface area contributed by atoms with Crippen LogP contribution in [0.4, 0.5) is 0 Å². The molecule has 0 radical (unpaired) electrons. The Morgan fingerprint density at radius 2 is 1.77 bits per heavy atom. The van der Waals surface area contributed by atoms with Crippen molar-refractivity contribution in [1.82, 2.24) is 4.72 Å². The van der Waals surface area contributed by atoms with Crippen LogP contribution in [0.25, 0.3) is 0 Å². The Bertz CT molecular complexity index is 894. The van der Waals surface area contributed by atoms with Crippen molar-refractivity contribution in [3.8, 4) is 11.5 Å². The molecule has 1 atom stereocenters. The number of esters is 1. The Balaban J connectivity index is 2.33. The minimum absolute atomic E-state index is 0.0332. The molecule has 0 saturated heterocycles. The standard InChI is InChI=1S/C18H21NO6S/c1-12(16-11-14(23-2)8-9-17(16)24-3)19-26(21,22)15-7-5-6-13(10-15)18(20)25-4/h5-12,19H,1-4H3. The lowest BCUT2D eigenvalue weighted by Crippen LogP contribution is -2.27. The Kier molecular flexibility index (Phi) is 6.23. The molecule has 0 fully saturated rings. The number of rotatable bonds is 7. The third-order valence-corrected chi connectivity index (χ3v) is 5.34. The number of benzene rings is 2. The van der Waals surface area contributed by atoms with Gasteiger partial charge in [-0.3, -0.25) is 0 Å². The van der Waals surface area contributed by atoms with Crippen molar-refractivity contribution in [3.05, 3.63) is 53.6 Å². The number of carbonyl (C=O) groups is 1. The van der Waals surface area contributed by atoms with E-state index < -0.39 is 22.0 Å². The van der Waals surface area contributed by atoms with E-state index in [9.17, 15) is 13.2 Å². The number of sulfonamides is 1. The van der Waals surface area contributed by atoms with Crippen LogP contribution in [0.2, 0.25) is 0 Å². The molecule has 1 unspecified atom stereocenters. The molecule has 0 heterocycles. The number of methoxy groups -OCH3 is 3. The van der Waals surface area contributed by atoms with Gasteiger partial charge in [0.05, 0.1) is 31.8 Å². The van der Waals surface area contributed by atoms with Gasteiger partial charge in [-0.05, 0) is 43.3 Å². The van der Waals surface area contributed by atoms with Gasteiger partial charge in [0.2, 0.25) is 10.0 Å². The smallest absolute Gasteiger partial charge is 0.337 e. The highest BCUT2D eigenvalue weighted by Crippen LogP contribution is 2.30. The molecule has 0 bridgehead atoms. The predicted molar refractivity (Wildman–Crippen MR) is 96.1 cm³/mol. The molecule has 8 heteroatoms. The first-order chi connectivity index (χ1) is 12.3. The zero-order valence-corrected chi connectivity index (χ0v) is 15.8. The van der Waals surface area contributed by atoms with Crippen LogP contribution >= 0.6 is 0 Å². The summed E-state index contributed by atoms with van der Waals surface area (Å²) in [5.41, 5.74) is 0.779. The highest BCUT2D eigenvalue weighted by molar-refractivity contribution is 7.89. The molecule has 26 heavy (non-hydrogen) atoms. The van der Waals surface area contributed by atoms with E-state index in [1.165, 1.54) is 45.6 Å². The first-order valence-corrected chi connectivity index (χ1v) is 9.23. The molecule has 0 amide bonds. The summed E-state index contributed by atoms with van der Waals surface area (Å²) in [5.74, 6) is 0.508. The Morgan fingerprint density at radius 1 is 1.04 bits per heavy atom. The first kappa shape index (κ1) is 19.7. The second kappa shape index (κ2) is 8.20. The molecule has 0 aromatic heterocycles. The van der Waals surface area contributed by atoms with E-state index in [1.54, 1.807) is 25.1 Å². The molecule has 7 nitrogen and oxygen atoms in total. The Hall–Kier alpha value is -2.58. The van der Waals surface area contributed by atoms with Crippen LogP contribution in [0, 0.1) is 0 Å². The lowest BCUT2D eigenvalue weighted by Gasteiger charge is -2.18. The highest BCUT2D eigenvalue weighted by atomic mass is 32.2. The number of hydrogen-bond donors (Lipinski definition) is 1. The van der Waals surface area contributed by atoms with E-state index in [-0.39, 0.29) is 10.5 Å². The van der Waals surface area contributed by atoms with Crippen molar-refractivity contribution in [2.75, 3.05) is 21.3 Å². The molecule has 0 saturated carbocycles. The summed E-state index contributed by atoms with van der Waals surface area (Å²) in [7, 11) is 0.397. The van der Waals surface area contributed by atoms with Crippen LogP contribution in [0.15, 0.2) is 47.4 Å². The fourth-order valence-electron chi connectivity index (χ4n) is 2.45. The van der Waals surface area contributed by atoms with Crippen molar-refractivity contribution >= 4 is 16.0 Å². The summed E-state index contributed by atoms with van der Waals surface area (Å²) in [6.45, 7) is 1.69. The molecule has 1 N–H and O–H groups in total. The second-order valence-corrected chi connectivity index (χ2v) is 7.18. The molecule has 2 rings (SSSR count). The normalized spacial score (nSPS) is 12.3. The van der Waals surface area contributed by atoms with Crippen LogP contribution in [0.5, 0.6) is 11.5 Å². The van der Waals surface area contributed by atoms with Gasteiger partial charge in [-0.15, -0.1) is 0 Å². The molecule has 0 aliphatic heterocycles. The van der Waals surface area contributed by atoms with Crippen molar-refractivity contribution in [3.63, 3.8) is 0 Å². The van der Waals surface area contributed by atoms with Crippen molar-refractivity contribution in [2.45, 2.75) is 17.9 Å². The average Bonchev–Trinajstić information content (AvgIpc) is 2.66. The van der Waals surface area contributed by atoms with Crippen molar-refractivity contribution < 1.29 is 27.4 Å². The molecule has 2 aromatic rings. The number of hydrogen-bond acceptors (Lipinski definition) is 6. The maximum Gasteiger partial charge on any atom is 0.337 e. The van der Waals surface area contributed by atoms with E-state index in [4.69, 9.17) is 9.47 Å². The maximum absolute atomic E-state index is 12.7. The van der Waals surface area contributed by atoms with Crippen molar-refractivity contribution in [1.29, 1.82) is 0 Å². The quantitative estimate of drug-likeness (QED) is 0.744. The molecule has 140 valence electrons. The van der Waals surface area contributed by atoms with Crippen LogP contribution < -0.4 is 14.2 Å². The Labute approximate surface area is 152 Å². The molecular weight excluding hydrogens is 358 g/mol. The van der Waals surface area contributed by atoms with Gasteiger partial charge in [0.15, 0.2) is 0 Å². The SMILES string of the molecule is COC(=O)c1cccc(S(=O)(=O)NC(C)c2cc(OC)ccc2OC)c1. The minimum Gasteiger partial charge on any atom is -0.497 e. The minimum atomic E-state index is -3.87. The van der Waals surface area contributed by atoms with E-state index in [0.29, 0.717) is 17.1 Å². The van der Waals surface area contributed by atoms with Crippen LogP contribution in [-0.2, 0) is 14.8 Å². The van der Waals surface area contributed by atoms with Gasteiger partial charge >= 0.3 is 5.97 Å². The fourth-order valence-corrected chi connectivity index (χ4v) is 3.72. The third-order valence-electron chi connectivity index (χ3n) is 3.80. The monoisotopic (exact) mass is 379 g/mol. The predicted octanol–water partition coefficient (Wildman–Crippen LogP) is 2.53. The van der Waals surface area contributed by atoms with Crippen LogP contribution in [0.1, 0.15) is 28.9 Å². The maximum atomic E-state index is 12.7. The zero-order chi connectivity index (χ0) is 19.3. The molecule has 0 aliphatic carbocycles. The van der Waals surface area contributed by atoms with Crippen molar-refractivity contribution in [2.24, 2.45) is 0 Å². The molecular formula is C18H21NO6S. The summed E-state index contributed by atoms with van der Waals surface area (Å²) in [6.07, 6.45) is 0. The van der Waals surface area contributed by atoms with E-state index in [1.807, 2.05) is 0 Å². The van der Waals surface area contributed by atoms with Gasteiger partial charge in [-0.1, -0.05) is 6.07 Å². The summed E-state index contributed by atoms with van der Waals surface area (Å²) in [4.78, 5) is 11.6. The summed E-state index contributed by atoms with van der Waals surface area (Å²) in [5, 5.41) is 0. The van der Waals surface area contributed by atoms with E-state index in [0.717, 1.165) is 0 Å². The van der Waals surface area contributed by atoms with Crippen LogP contribution in [-0.4, -0.2) is 35.7 Å². The van der Waals surface area contributed by atoms with E-state index in [2.05, 4.69) is 9.46 Å². The number of nitrogens with one attached hydrogen (secondary N) is 1. The van der Waals surface area contributed by atoms with Gasteiger partial charge in [0.1, 0.15) is 11.5 Å². The zero-order valence-electron chi connectivity index (χ0n) is 15.0. The Morgan fingerprint density at radius 3 is 2.38 bits per heavy atom. The van der Waals surface area contributed by atoms with Gasteiger partial charge in [0, 0.05) is 11.6 Å².